The molecule has 1 aromatic heterocycles. The van der Waals surface area contributed by atoms with Crippen LogP contribution in [0.3, 0.4) is 0 Å². The fourth-order valence-corrected chi connectivity index (χ4v) is 4.34. The Morgan fingerprint density at radius 1 is 1.03 bits per heavy atom. The predicted molar refractivity (Wildman–Crippen MR) is 143 cm³/mol. The molecule has 0 fully saturated rings. The fraction of sp³-hybridized carbons (Fsp3) is 0.345. The lowest BCUT2D eigenvalue weighted by Gasteiger charge is -2.28. The van der Waals surface area contributed by atoms with E-state index in [2.05, 4.69) is 30.2 Å². The molecule has 7 heteroatoms. The highest BCUT2D eigenvalue weighted by Crippen LogP contribution is 2.33. The van der Waals surface area contributed by atoms with Crippen molar-refractivity contribution in [2.24, 2.45) is 5.73 Å². The van der Waals surface area contributed by atoms with Crippen molar-refractivity contribution in [1.82, 2.24) is 10.3 Å². The molecule has 4 rings (SSSR count). The summed E-state index contributed by atoms with van der Waals surface area (Å²) in [5.74, 6) is 1.22. The Hall–Kier alpha value is -3.55. The predicted octanol–water partition coefficient (Wildman–Crippen LogP) is 4.32. The third-order valence-corrected chi connectivity index (χ3v) is 6.15. The highest BCUT2D eigenvalue weighted by atomic mass is 16.5. The first-order chi connectivity index (χ1) is 17.3. The number of primary amides is 1. The van der Waals surface area contributed by atoms with Gasteiger partial charge in [0.1, 0.15) is 24.2 Å². The van der Waals surface area contributed by atoms with Gasteiger partial charge < -0.3 is 30.6 Å². The van der Waals surface area contributed by atoms with Crippen LogP contribution in [0.2, 0.25) is 0 Å². The maximum atomic E-state index is 10.8. The summed E-state index contributed by atoms with van der Waals surface area (Å²) >= 11 is 0. The highest BCUT2D eigenvalue weighted by molar-refractivity contribution is 6.10. The molecule has 0 radical (unpaired) electrons. The monoisotopic (exact) mass is 489 g/mol. The second kappa shape index (κ2) is 11.5. The third kappa shape index (κ3) is 6.77. The molecule has 3 aromatic carbocycles. The number of hydrogen-bond donors (Lipinski definition) is 4. The molecule has 0 aliphatic heterocycles. The van der Waals surface area contributed by atoms with Crippen LogP contribution in [-0.4, -0.2) is 47.4 Å². The number of carbonyl (C=O) groups excluding carboxylic acids is 1. The van der Waals surface area contributed by atoms with Gasteiger partial charge in [0, 0.05) is 34.8 Å². The summed E-state index contributed by atoms with van der Waals surface area (Å²) in [4.78, 5) is 14.2. The van der Waals surface area contributed by atoms with E-state index in [0.29, 0.717) is 26.0 Å². The summed E-state index contributed by atoms with van der Waals surface area (Å²) in [6.45, 7) is 5.30. The van der Waals surface area contributed by atoms with Crippen LogP contribution in [0.15, 0.2) is 66.7 Å². The van der Waals surface area contributed by atoms with E-state index >= 15 is 0 Å². The molecular weight excluding hydrogens is 454 g/mol. The van der Waals surface area contributed by atoms with Crippen molar-refractivity contribution < 1.29 is 19.4 Å². The normalized spacial score (nSPS) is 12.6. The van der Waals surface area contributed by atoms with E-state index in [9.17, 15) is 9.90 Å². The number of fused-ring (bicyclic) bond motifs is 3. The lowest BCUT2D eigenvalue weighted by atomic mass is 9.94. The molecule has 36 heavy (non-hydrogen) atoms. The second-order valence-electron chi connectivity index (χ2n) is 9.82. The van der Waals surface area contributed by atoms with Gasteiger partial charge in [-0.3, -0.25) is 4.79 Å². The van der Waals surface area contributed by atoms with E-state index in [1.54, 1.807) is 0 Å². The molecule has 7 nitrogen and oxygen atoms in total. The molecule has 0 aliphatic carbocycles. The number of β-amino-alcohol motifs (C(OH)–C–C–N with tert-alkyl or cyclic N) is 1. The molecular formula is C29H35N3O4. The summed E-state index contributed by atoms with van der Waals surface area (Å²) in [6, 6.07) is 22.0. The van der Waals surface area contributed by atoms with Gasteiger partial charge >= 0.3 is 0 Å². The van der Waals surface area contributed by atoms with E-state index in [1.165, 1.54) is 0 Å². The number of nitrogens with one attached hydrogen (secondary N) is 2. The molecule has 0 spiro atoms. The van der Waals surface area contributed by atoms with Gasteiger partial charge in [0.25, 0.3) is 0 Å². The molecule has 1 amide bonds. The number of hydrogen-bond acceptors (Lipinski definition) is 5. The summed E-state index contributed by atoms with van der Waals surface area (Å²) in [6.07, 6.45) is 1.07. The molecule has 0 aliphatic rings. The Bertz CT molecular complexity index is 1300. The van der Waals surface area contributed by atoms with Crippen molar-refractivity contribution in [2.75, 3.05) is 19.8 Å². The maximum Gasteiger partial charge on any atom is 0.217 e. The summed E-state index contributed by atoms with van der Waals surface area (Å²) in [5, 5.41) is 16.2. The van der Waals surface area contributed by atoms with Gasteiger partial charge in [-0.2, -0.15) is 0 Å². The molecule has 1 atom stereocenters. The Morgan fingerprint density at radius 2 is 1.78 bits per heavy atom. The summed E-state index contributed by atoms with van der Waals surface area (Å²) in [5.41, 5.74) is 8.17. The van der Waals surface area contributed by atoms with Crippen LogP contribution < -0.4 is 20.5 Å². The van der Waals surface area contributed by atoms with Gasteiger partial charge in [-0.15, -0.1) is 0 Å². The van der Waals surface area contributed by atoms with Crippen LogP contribution in [0.1, 0.15) is 32.3 Å². The van der Waals surface area contributed by atoms with Crippen LogP contribution in [-0.2, 0) is 11.2 Å². The standard InChI is InChI=1S/C29H35N3O4/c1-29(2,17-20-12-14-22(15-13-20)35-16-6-11-27(30)34)31-18-21(33)19-36-26-10-5-9-25-28(26)23-7-3-4-8-24(23)32-25/h3-5,7-10,12-15,21,31-33H,6,11,16-19H2,1-2H3,(H2,30,34). The first kappa shape index (κ1) is 25.5. The minimum absolute atomic E-state index is 0.198. The maximum absolute atomic E-state index is 10.8. The van der Waals surface area contributed by atoms with Crippen LogP contribution >= 0.6 is 0 Å². The van der Waals surface area contributed by atoms with Crippen LogP contribution in [0.25, 0.3) is 21.8 Å². The third-order valence-electron chi connectivity index (χ3n) is 6.15. The minimum atomic E-state index is -0.652. The van der Waals surface area contributed by atoms with Crippen LogP contribution in [0.5, 0.6) is 11.5 Å². The van der Waals surface area contributed by atoms with Gasteiger partial charge in [0.2, 0.25) is 5.91 Å². The van der Waals surface area contributed by atoms with Crippen molar-refractivity contribution in [3.8, 4) is 11.5 Å². The largest absolute Gasteiger partial charge is 0.494 e. The zero-order valence-electron chi connectivity index (χ0n) is 20.9. The highest BCUT2D eigenvalue weighted by Gasteiger charge is 2.20. The number of ether oxygens (including phenoxy) is 2. The lowest BCUT2D eigenvalue weighted by molar-refractivity contribution is -0.118. The average Bonchev–Trinajstić information content (AvgIpc) is 3.24. The van der Waals surface area contributed by atoms with Gasteiger partial charge in [-0.05, 0) is 62.6 Å². The van der Waals surface area contributed by atoms with Crippen molar-refractivity contribution in [1.29, 1.82) is 0 Å². The molecule has 1 unspecified atom stereocenters. The number of para-hydroxylation sites is 1. The average molecular weight is 490 g/mol. The van der Waals surface area contributed by atoms with Crippen LogP contribution in [0.4, 0.5) is 0 Å². The van der Waals surface area contributed by atoms with Gasteiger partial charge in [-0.25, -0.2) is 0 Å². The quantitative estimate of drug-likeness (QED) is 0.209. The van der Waals surface area contributed by atoms with Crippen molar-refractivity contribution in [3.05, 3.63) is 72.3 Å². The van der Waals surface area contributed by atoms with Crippen molar-refractivity contribution in [3.63, 3.8) is 0 Å². The number of aliphatic hydroxyl groups excluding tert-OH is 1. The summed E-state index contributed by atoms with van der Waals surface area (Å²) < 4.78 is 11.7. The molecule has 0 saturated heterocycles. The van der Waals surface area contributed by atoms with E-state index in [0.717, 1.165) is 45.3 Å². The number of nitrogens with two attached hydrogens (primary N) is 1. The van der Waals surface area contributed by atoms with E-state index in [-0.39, 0.29) is 18.1 Å². The van der Waals surface area contributed by atoms with Gasteiger partial charge in [-0.1, -0.05) is 36.4 Å². The number of aromatic amines is 1. The number of H-pyrrole nitrogens is 1. The first-order valence-electron chi connectivity index (χ1n) is 12.4. The number of amides is 1. The number of aromatic nitrogens is 1. The Balaban J connectivity index is 1.26. The fourth-order valence-electron chi connectivity index (χ4n) is 4.34. The minimum Gasteiger partial charge on any atom is -0.494 e. The molecule has 5 N–H and O–H groups in total. The Morgan fingerprint density at radius 3 is 2.56 bits per heavy atom. The molecule has 0 bridgehead atoms. The van der Waals surface area contributed by atoms with E-state index in [1.807, 2.05) is 60.7 Å². The molecule has 190 valence electrons. The Labute approximate surface area is 211 Å². The molecule has 0 saturated carbocycles. The smallest absolute Gasteiger partial charge is 0.217 e. The summed E-state index contributed by atoms with van der Waals surface area (Å²) in [7, 11) is 0. The van der Waals surface area contributed by atoms with E-state index in [4.69, 9.17) is 15.2 Å². The van der Waals surface area contributed by atoms with Gasteiger partial charge in [0.15, 0.2) is 0 Å². The number of aliphatic hydroxyl groups is 1. The molecule has 4 aromatic rings. The first-order valence-corrected chi connectivity index (χ1v) is 12.4. The molecule has 1 heterocycles. The van der Waals surface area contributed by atoms with E-state index < -0.39 is 6.10 Å². The Kier molecular flexibility index (Phi) is 8.13. The number of benzene rings is 3. The zero-order chi connectivity index (χ0) is 25.5. The van der Waals surface area contributed by atoms with Crippen LogP contribution in [0, 0.1) is 0 Å². The van der Waals surface area contributed by atoms with Crippen molar-refractivity contribution >= 4 is 27.7 Å². The zero-order valence-corrected chi connectivity index (χ0v) is 20.9. The topological polar surface area (TPSA) is 110 Å². The lowest BCUT2D eigenvalue weighted by Crippen LogP contribution is -2.46. The number of rotatable bonds is 13. The van der Waals surface area contributed by atoms with Gasteiger partial charge in [0.05, 0.1) is 12.1 Å². The second-order valence-corrected chi connectivity index (χ2v) is 9.82. The number of carbonyl (C=O) groups is 1. The van der Waals surface area contributed by atoms with Crippen molar-refractivity contribution in [2.45, 2.75) is 44.8 Å². The SMILES string of the molecule is CC(C)(Cc1ccc(OCCCC(N)=O)cc1)NCC(O)COc1cccc2[nH]c3ccccc3c12.